The number of nitrogens with zero attached hydrogens (tertiary/aromatic N) is 3. The molecule has 1 spiro atoms. The molecule has 1 atom stereocenters. The Bertz CT molecular complexity index is 617. The number of aromatic nitrogens is 1. The van der Waals surface area contributed by atoms with Crippen LogP contribution in [0.25, 0.3) is 0 Å². The van der Waals surface area contributed by atoms with Gasteiger partial charge in [-0.25, -0.2) is 0 Å². The van der Waals surface area contributed by atoms with Gasteiger partial charge in [0.2, 0.25) is 5.91 Å². The van der Waals surface area contributed by atoms with Gasteiger partial charge in [0.1, 0.15) is 11.3 Å². The second-order valence-corrected chi connectivity index (χ2v) is 6.93. The Kier molecular flexibility index (Phi) is 4.32. The first-order valence-electron chi connectivity index (χ1n) is 8.49. The monoisotopic (exact) mass is 317 g/mol. The van der Waals surface area contributed by atoms with Gasteiger partial charge in [0.25, 0.3) is 0 Å². The highest BCUT2D eigenvalue weighted by molar-refractivity contribution is 5.87. The molecule has 5 nitrogen and oxygen atoms in total. The summed E-state index contributed by atoms with van der Waals surface area (Å²) in [6.07, 6.45) is 5.99. The van der Waals surface area contributed by atoms with Crippen molar-refractivity contribution in [3.8, 4) is 5.75 Å². The van der Waals surface area contributed by atoms with Crippen molar-refractivity contribution in [3.05, 3.63) is 23.0 Å². The van der Waals surface area contributed by atoms with Crippen molar-refractivity contribution in [2.24, 2.45) is 0 Å². The van der Waals surface area contributed by atoms with E-state index in [0.29, 0.717) is 0 Å². The summed E-state index contributed by atoms with van der Waals surface area (Å²) in [6, 6.07) is 0. The number of aryl methyl sites for hydroxylation is 1. The fraction of sp³-hybridized carbons (Fsp3) is 0.667. The lowest BCUT2D eigenvalue weighted by Crippen LogP contribution is -2.58. The molecule has 1 unspecified atom stereocenters. The van der Waals surface area contributed by atoms with Crippen LogP contribution >= 0.6 is 0 Å². The second kappa shape index (κ2) is 6.11. The molecule has 0 radical (unpaired) electrons. The minimum atomic E-state index is -0.306. The van der Waals surface area contributed by atoms with Gasteiger partial charge in [-0.05, 0) is 46.1 Å². The molecule has 126 valence electrons. The van der Waals surface area contributed by atoms with Gasteiger partial charge in [0, 0.05) is 37.5 Å². The van der Waals surface area contributed by atoms with E-state index in [4.69, 9.17) is 4.74 Å². The molecule has 1 aromatic heterocycles. The lowest BCUT2D eigenvalue weighted by molar-refractivity contribution is -0.146. The van der Waals surface area contributed by atoms with Crippen LogP contribution in [0, 0.1) is 13.8 Å². The van der Waals surface area contributed by atoms with Crippen molar-refractivity contribution in [3.63, 3.8) is 0 Å². The standard InChI is InChI=1S/C18H27N3O2/c1-13-11-19-15(14(2)16(13)23-4)12-21-10-6-8-18(21)7-5-9-20(3)17(18)22/h11H,5-10,12H2,1-4H3. The summed E-state index contributed by atoms with van der Waals surface area (Å²) in [7, 11) is 3.63. The smallest absolute Gasteiger partial charge is 0.242 e. The zero-order chi connectivity index (χ0) is 16.6. The third-order valence-corrected chi connectivity index (χ3v) is 5.54. The highest BCUT2D eigenvalue weighted by Gasteiger charge is 2.50. The number of likely N-dealkylation sites (N-methyl/N-ethyl adjacent to an activating group) is 1. The van der Waals surface area contributed by atoms with Crippen LogP contribution in [0.4, 0.5) is 0 Å². The predicted octanol–water partition coefficient (Wildman–Crippen LogP) is 2.29. The normalized spacial score (nSPS) is 25.4. The fourth-order valence-corrected chi connectivity index (χ4v) is 4.27. The van der Waals surface area contributed by atoms with Gasteiger partial charge in [-0.15, -0.1) is 0 Å². The number of piperidine rings is 1. The van der Waals surface area contributed by atoms with Crippen molar-refractivity contribution in [1.29, 1.82) is 0 Å². The summed E-state index contributed by atoms with van der Waals surface area (Å²) in [4.78, 5) is 21.7. The Hall–Kier alpha value is -1.62. The third kappa shape index (κ3) is 2.61. The average Bonchev–Trinajstić information content (AvgIpc) is 2.92. The molecule has 2 saturated heterocycles. The van der Waals surface area contributed by atoms with E-state index >= 15 is 0 Å². The number of carbonyl (C=O) groups is 1. The average molecular weight is 317 g/mol. The molecule has 0 aromatic carbocycles. The molecule has 2 fully saturated rings. The Morgan fingerprint density at radius 2 is 1.96 bits per heavy atom. The number of methoxy groups -OCH3 is 1. The molecule has 5 heteroatoms. The van der Waals surface area contributed by atoms with Crippen LogP contribution < -0.4 is 4.74 Å². The minimum Gasteiger partial charge on any atom is -0.496 e. The van der Waals surface area contributed by atoms with E-state index in [1.165, 1.54) is 0 Å². The van der Waals surface area contributed by atoms with Crippen molar-refractivity contribution >= 4 is 5.91 Å². The molecule has 1 aromatic rings. The molecule has 0 bridgehead atoms. The molecule has 3 heterocycles. The molecule has 0 N–H and O–H groups in total. The molecular formula is C18H27N3O2. The van der Waals surface area contributed by atoms with Gasteiger partial charge in [-0.1, -0.05) is 0 Å². The summed E-state index contributed by atoms with van der Waals surface area (Å²) in [6.45, 7) is 6.65. The number of pyridine rings is 1. The van der Waals surface area contributed by atoms with Gasteiger partial charge in [0.05, 0.1) is 12.8 Å². The van der Waals surface area contributed by atoms with Crippen LogP contribution in [0.1, 0.15) is 42.5 Å². The van der Waals surface area contributed by atoms with Crippen molar-refractivity contribution in [1.82, 2.24) is 14.8 Å². The molecular weight excluding hydrogens is 290 g/mol. The van der Waals surface area contributed by atoms with Crippen LogP contribution in [-0.2, 0) is 11.3 Å². The first kappa shape index (κ1) is 16.2. The lowest BCUT2D eigenvalue weighted by Gasteiger charge is -2.43. The van der Waals surface area contributed by atoms with Gasteiger partial charge in [-0.2, -0.15) is 0 Å². The molecule has 2 aliphatic rings. The summed E-state index contributed by atoms with van der Waals surface area (Å²) in [5.74, 6) is 1.20. The largest absolute Gasteiger partial charge is 0.496 e. The third-order valence-electron chi connectivity index (χ3n) is 5.54. The van der Waals surface area contributed by atoms with E-state index < -0.39 is 0 Å². The number of ether oxygens (including phenoxy) is 1. The minimum absolute atomic E-state index is 0.290. The fourth-order valence-electron chi connectivity index (χ4n) is 4.27. The molecule has 0 aliphatic carbocycles. The molecule has 23 heavy (non-hydrogen) atoms. The molecule has 2 aliphatic heterocycles. The zero-order valence-corrected chi connectivity index (χ0v) is 14.7. The van der Waals surface area contributed by atoms with Crippen LogP contribution in [-0.4, -0.2) is 53.5 Å². The van der Waals surface area contributed by atoms with E-state index in [-0.39, 0.29) is 11.4 Å². The van der Waals surface area contributed by atoms with Crippen LogP contribution in [0.15, 0.2) is 6.20 Å². The maximum Gasteiger partial charge on any atom is 0.242 e. The molecule has 3 rings (SSSR count). The summed E-state index contributed by atoms with van der Waals surface area (Å²) in [5, 5.41) is 0. The number of hydrogen-bond acceptors (Lipinski definition) is 4. The van der Waals surface area contributed by atoms with Gasteiger partial charge >= 0.3 is 0 Å². The number of hydrogen-bond donors (Lipinski definition) is 0. The van der Waals surface area contributed by atoms with Gasteiger partial charge in [0.15, 0.2) is 0 Å². The Balaban J connectivity index is 1.89. The van der Waals surface area contributed by atoms with E-state index in [0.717, 1.165) is 67.9 Å². The topological polar surface area (TPSA) is 45.7 Å². The van der Waals surface area contributed by atoms with Crippen LogP contribution in [0.5, 0.6) is 5.75 Å². The van der Waals surface area contributed by atoms with Crippen LogP contribution in [0.3, 0.4) is 0 Å². The Morgan fingerprint density at radius 3 is 2.65 bits per heavy atom. The highest BCUT2D eigenvalue weighted by Crippen LogP contribution is 2.39. The second-order valence-electron chi connectivity index (χ2n) is 6.93. The number of likely N-dealkylation sites (tertiary alicyclic amines) is 2. The lowest BCUT2D eigenvalue weighted by atomic mass is 9.85. The van der Waals surface area contributed by atoms with Crippen molar-refractivity contribution in [2.45, 2.75) is 51.6 Å². The maximum atomic E-state index is 12.9. The molecule has 1 amide bonds. The molecule has 0 saturated carbocycles. The van der Waals surface area contributed by atoms with E-state index in [1.807, 2.05) is 25.1 Å². The first-order valence-corrected chi connectivity index (χ1v) is 8.49. The quantitative estimate of drug-likeness (QED) is 0.858. The summed E-state index contributed by atoms with van der Waals surface area (Å²) < 4.78 is 5.52. The first-order chi connectivity index (χ1) is 11.0. The zero-order valence-electron chi connectivity index (χ0n) is 14.7. The predicted molar refractivity (Wildman–Crippen MR) is 89.5 cm³/mol. The highest BCUT2D eigenvalue weighted by atomic mass is 16.5. The number of amides is 1. The Labute approximate surface area is 138 Å². The summed E-state index contributed by atoms with van der Waals surface area (Å²) >= 11 is 0. The van der Waals surface area contributed by atoms with Gasteiger partial charge in [-0.3, -0.25) is 14.7 Å². The number of carbonyl (C=O) groups excluding carboxylic acids is 1. The SMILES string of the molecule is COc1c(C)cnc(CN2CCCC23CCCN(C)C3=O)c1C. The maximum absolute atomic E-state index is 12.9. The van der Waals surface area contributed by atoms with E-state index in [2.05, 4.69) is 16.8 Å². The van der Waals surface area contributed by atoms with Gasteiger partial charge < -0.3 is 9.64 Å². The Morgan fingerprint density at radius 1 is 1.26 bits per heavy atom. The van der Waals surface area contributed by atoms with Crippen molar-refractivity contribution < 1.29 is 9.53 Å². The van der Waals surface area contributed by atoms with E-state index in [1.54, 1.807) is 7.11 Å². The van der Waals surface area contributed by atoms with Crippen molar-refractivity contribution in [2.75, 3.05) is 27.2 Å². The number of rotatable bonds is 3. The van der Waals surface area contributed by atoms with Crippen LogP contribution in [0.2, 0.25) is 0 Å². The van der Waals surface area contributed by atoms with E-state index in [9.17, 15) is 4.79 Å². The summed E-state index contributed by atoms with van der Waals surface area (Å²) in [5.41, 5.74) is 2.86.